The summed E-state index contributed by atoms with van der Waals surface area (Å²) in [6, 6.07) is 0. The molecule has 0 bridgehead atoms. The molecule has 1 atom stereocenters. The van der Waals surface area contributed by atoms with E-state index >= 15 is 0 Å². The van der Waals surface area contributed by atoms with Crippen molar-refractivity contribution in [3.05, 3.63) is 0 Å². The van der Waals surface area contributed by atoms with Crippen molar-refractivity contribution in [2.75, 3.05) is 6.26 Å². The predicted octanol–water partition coefficient (Wildman–Crippen LogP) is 4.11. The van der Waals surface area contributed by atoms with E-state index in [1.165, 1.54) is 51.9 Å². The summed E-state index contributed by atoms with van der Waals surface area (Å²) < 4.78 is 24.8. The zero-order valence-corrected chi connectivity index (χ0v) is 16.4. The highest BCUT2D eigenvalue weighted by atomic mass is 35.5. The molecule has 23 heavy (non-hydrogen) atoms. The van der Waals surface area contributed by atoms with Crippen LogP contribution in [0.2, 0.25) is 0 Å². The molecule has 0 fully saturated rings. The van der Waals surface area contributed by atoms with Crippen LogP contribution in [0, 0.1) is 0 Å². The van der Waals surface area contributed by atoms with Gasteiger partial charge in [-0.1, -0.05) is 71.1 Å². The van der Waals surface area contributed by atoms with E-state index < -0.39 is 21.5 Å². The second-order valence-corrected chi connectivity index (χ2v) is 8.19. The van der Waals surface area contributed by atoms with E-state index in [-0.39, 0.29) is 12.4 Å². The molecule has 0 saturated carbocycles. The molecule has 0 amide bonds. The van der Waals surface area contributed by atoms with E-state index in [2.05, 4.69) is 11.6 Å². The molecule has 0 aromatic carbocycles. The zero-order chi connectivity index (χ0) is 17.1. The lowest BCUT2D eigenvalue weighted by Crippen LogP contribution is -2.51. The van der Waals surface area contributed by atoms with Crippen LogP contribution in [0.4, 0.5) is 0 Å². The van der Waals surface area contributed by atoms with Crippen LogP contribution in [0.15, 0.2) is 0 Å². The van der Waals surface area contributed by atoms with Crippen molar-refractivity contribution in [1.29, 1.82) is 0 Å². The first-order valence-corrected chi connectivity index (χ1v) is 10.3. The lowest BCUT2D eigenvalue weighted by atomic mass is 9.95. The van der Waals surface area contributed by atoms with Crippen molar-refractivity contribution in [3.8, 4) is 0 Å². The first-order valence-electron chi connectivity index (χ1n) is 8.43. The van der Waals surface area contributed by atoms with Crippen molar-refractivity contribution < 1.29 is 18.3 Å². The molecular formula is C16H34ClNO4S. The van der Waals surface area contributed by atoms with E-state index in [1.54, 1.807) is 0 Å². The minimum Gasteiger partial charge on any atom is -0.480 e. The molecule has 0 spiro atoms. The summed E-state index contributed by atoms with van der Waals surface area (Å²) in [5.41, 5.74) is -1.40. The topological polar surface area (TPSA) is 83.5 Å². The lowest BCUT2D eigenvalue weighted by molar-refractivity contribution is -0.143. The van der Waals surface area contributed by atoms with Crippen molar-refractivity contribution in [2.45, 2.75) is 90.0 Å². The van der Waals surface area contributed by atoms with Gasteiger partial charge in [-0.05, 0) is 13.3 Å². The Morgan fingerprint density at radius 2 is 1.35 bits per heavy atom. The SMILES string of the molecule is CCCCCCCCCCCCC(C)(NS(C)(=O)=O)C(=O)O.Cl. The summed E-state index contributed by atoms with van der Waals surface area (Å²) in [5, 5.41) is 9.21. The van der Waals surface area contributed by atoms with Gasteiger partial charge in [-0.25, -0.2) is 8.42 Å². The number of hydrogen-bond acceptors (Lipinski definition) is 3. The van der Waals surface area contributed by atoms with Crippen LogP contribution in [0.25, 0.3) is 0 Å². The summed E-state index contributed by atoms with van der Waals surface area (Å²) >= 11 is 0. The predicted molar refractivity (Wildman–Crippen MR) is 97.7 cm³/mol. The molecule has 0 aliphatic carbocycles. The Labute approximate surface area is 148 Å². The summed E-state index contributed by atoms with van der Waals surface area (Å²) in [7, 11) is -3.52. The monoisotopic (exact) mass is 371 g/mol. The van der Waals surface area contributed by atoms with Gasteiger partial charge in [0.1, 0.15) is 5.54 Å². The summed E-state index contributed by atoms with van der Waals surface area (Å²) in [6.45, 7) is 3.65. The van der Waals surface area contributed by atoms with Gasteiger partial charge in [0.2, 0.25) is 10.0 Å². The number of sulfonamides is 1. The number of carbonyl (C=O) groups is 1. The van der Waals surface area contributed by atoms with E-state index in [0.29, 0.717) is 6.42 Å². The largest absolute Gasteiger partial charge is 0.480 e. The Balaban J connectivity index is 0. The van der Waals surface area contributed by atoms with E-state index in [9.17, 15) is 18.3 Å². The average molecular weight is 372 g/mol. The van der Waals surface area contributed by atoms with Gasteiger partial charge < -0.3 is 5.11 Å². The Morgan fingerprint density at radius 3 is 1.70 bits per heavy atom. The third kappa shape index (κ3) is 13.8. The molecule has 0 aliphatic heterocycles. The molecule has 5 nitrogen and oxygen atoms in total. The number of aliphatic carboxylic acids is 1. The zero-order valence-electron chi connectivity index (χ0n) is 14.8. The van der Waals surface area contributed by atoms with E-state index in [1.807, 2.05) is 0 Å². The van der Waals surface area contributed by atoms with Crippen LogP contribution in [0.1, 0.15) is 84.5 Å². The quantitative estimate of drug-likeness (QED) is 0.450. The molecule has 2 N–H and O–H groups in total. The maximum atomic E-state index is 11.3. The van der Waals surface area contributed by atoms with Gasteiger partial charge in [-0.3, -0.25) is 4.79 Å². The first kappa shape index (κ1) is 24.9. The van der Waals surface area contributed by atoms with Crippen LogP contribution < -0.4 is 4.72 Å². The molecular weight excluding hydrogens is 338 g/mol. The van der Waals surface area contributed by atoms with Crippen LogP contribution in [0.5, 0.6) is 0 Å². The fourth-order valence-electron chi connectivity index (χ4n) is 2.58. The molecule has 140 valence electrons. The molecule has 1 unspecified atom stereocenters. The van der Waals surface area contributed by atoms with Crippen molar-refractivity contribution in [3.63, 3.8) is 0 Å². The molecule has 0 heterocycles. The second-order valence-electron chi connectivity index (χ2n) is 6.44. The molecule has 0 aliphatic rings. The average Bonchev–Trinajstić information content (AvgIpc) is 2.38. The maximum absolute atomic E-state index is 11.3. The highest BCUT2D eigenvalue weighted by Gasteiger charge is 2.35. The Bertz CT molecular complexity index is 414. The summed E-state index contributed by atoms with van der Waals surface area (Å²) in [6.07, 6.45) is 13.0. The molecule has 7 heteroatoms. The van der Waals surface area contributed by atoms with Gasteiger partial charge in [0.15, 0.2) is 0 Å². The molecule has 0 saturated heterocycles. The van der Waals surface area contributed by atoms with Gasteiger partial charge in [-0.2, -0.15) is 4.72 Å². The normalized spacial score (nSPS) is 14.0. The smallest absolute Gasteiger partial charge is 0.324 e. The van der Waals surface area contributed by atoms with Gasteiger partial charge >= 0.3 is 5.97 Å². The number of rotatable bonds is 14. The molecule has 0 radical (unpaired) electrons. The van der Waals surface area contributed by atoms with Crippen LogP contribution >= 0.6 is 12.4 Å². The van der Waals surface area contributed by atoms with Crippen LogP contribution in [-0.4, -0.2) is 31.3 Å². The minimum atomic E-state index is -3.52. The number of hydrogen-bond donors (Lipinski definition) is 2. The third-order valence-electron chi connectivity index (χ3n) is 3.91. The Kier molecular flexibility index (Phi) is 14.1. The van der Waals surface area contributed by atoms with Gasteiger partial charge in [0, 0.05) is 0 Å². The van der Waals surface area contributed by atoms with Gasteiger partial charge in [-0.15, -0.1) is 12.4 Å². The standard InChI is InChI=1S/C16H33NO4S.ClH/c1-4-5-6-7-8-9-10-11-12-13-14-16(2,15(18)19)17-22(3,20)21;/h17H,4-14H2,1-3H3,(H,18,19);1H. The fourth-order valence-corrected chi connectivity index (χ4v) is 3.58. The molecule has 0 aromatic heterocycles. The Hall–Kier alpha value is -0.330. The number of unbranched alkanes of at least 4 members (excludes halogenated alkanes) is 9. The third-order valence-corrected chi connectivity index (χ3v) is 4.73. The van der Waals surface area contributed by atoms with Crippen molar-refractivity contribution in [2.24, 2.45) is 0 Å². The van der Waals surface area contributed by atoms with Gasteiger partial charge in [0.25, 0.3) is 0 Å². The maximum Gasteiger partial charge on any atom is 0.324 e. The van der Waals surface area contributed by atoms with Crippen LogP contribution in [-0.2, 0) is 14.8 Å². The van der Waals surface area contributed by atoms with Gasteiger partial charge in [0.05, 0.1) is 6.26 Å². The summed E-state index contributed by atoms with van der Waals surface area (Å²) in [5.74, 6) is -1.12. The molecule has 0 rings (SSSR count). The van der Waals surface area contributed by atoms with Crippen molar-refractivity contribution >= 4 is 28.4 Å². The highest BCUT2D eigenvalue weighted by molar-refractivity contribution is 7.88. The number of carboxylic acid groups (broad SMARTS) is 1. The number of carboxylic acids is 1. The summed E-state index contributed by atoms with van der Waals surface area (Å²) in [4.78, 5) is 11.3. The van der Waals surface area contributed by atoms with E-state index in [4.69, 9.17) is 0 Å². The highest BCUT2D eigenvalue weighted by Crippen LogP contribution is 2.18. The van der Waals surface area contributed by atoms with E-state index in [0.717, 1.165) is 25.5 Å². The molecule has 0 aromatic rings. The minimum absolute atomic E-state index is 0. The lowest BCUT2D eigenvalue weighted by Gasteiger charge is -2.25. The Morgan fingerprint density at radius 1 is 0.957 bits per heavy atom. The van der Waals surface area contributed by atoms with Crippen LogP contribution in [0.3, 0.4) is 0 Å². The van der Waals surface area contributed by atoms with Crippen molar-refractivity contribution in [1.82, 2.24) is 4.72 Å². The number of halogens is 1. The number of nitrogens with one attached hydrogen (secondary N) is 1. The second kappa shape index (κ2) is 13.0. The fraction of sp³-hybridized carbons (Fsp3) is 0.938. The first-order chi connectivity index (χ1) is 10.2.